The van der Waals surface area contributed by atoms with Crippen LogP contribution in [0.2, 0.25) is 0 Å². The number of nitrogens with one attached hydrogen (secondary N) is 1. The van der Waals surface area contributed by atoms with Crippen molar-refractivity contribution in [3.63, 3.8) is 0 Å². The Bertz CT molecular complexity index is 986. The predicted molar refractivity (Wildman–Crippen MR) is 110 cm³/mol. The Morgan fingerprint density at radius 1 is 1.04 bits per heavy atom. The third-order valence-corrected chi connectivity index (χ3v) is 4.33. The standard InChI is InChI=1S/C21H17BrN2O4/c22-16-5-1-15(2-6-16)13-28-18-8-3-14(4-9-18)12-23-24-21(27)19-11-17(25)7-10-20(19)26/h1-12,25-26H,13H2,(H,24,27). The van der Waals surface area contributed by atoms with Crippen molar-refractivity contribution in [1.82, 2.24) is 5.43 Å². The van der Waals surface area contributed by atoms with E-state index in [1.807, 2.05) is 36.4 Å². The smallest absolute Gasteiger partial charge is 0.275 e. The summed E-state index contributed by atoms with van der Waals surface area (Å²) in [6.45, 7) is 0.462. The first-order chi connectivity index (χ1) is 13.5. The van der Waals surface area contributed by atoms with Gasteiger partial charge < -0.3 is 14.9 Å². The highest BCUT2D eigenvalue weighted by molar-refractivity contribution is 9.10. The Morgan fingerprint density at radius 2 is 1.75 bits per heavy atom. The molecule has 0 radical (unpaired) electrons. The van der Waals surface area contributed by atoms with E-state index in [9.17, 15) is 15.0 Å². The van der Waals surface area contributed by atoms with E-state index in [-0.39, 0.29) is 17.1 Å². The predicted octanol–water partition coefficient (Wildman–Crippen LogP) is 4.20. The molecule has 0 heterocycles. The fourth-order valence-corrected chi connectivity index (χ4v) is 2.59. The van der Waals surface area contributed by atoms with Gasteiger partial charge in [0.2, 0.25) is 0 Å². The maximum absolute atomic E-state index is 12.0. The summed E-state index contributed by atoms with van der Waals surface area (Å²) >= 11 is 3.40. The van der Waals surface area contributed by atoms with Gasteiger partial charge in [-0.25, -0.2) is 5.43 Å². The fraction of sp³-hybridized carbons (Fsp3) is 0.0476. The van der Waals surface area contributed by atoms with E-state index in [1.165, 1.54) is 18.3 Å². The number of rotatable bonds is 6. The minimum absolute atomic E-state index is 0.0613. The lowest BCUT2D eigenvalue weighted by Gasteiger charge is -2.06. The van der Waals surface area contributed by atoms with Crippen molar-refractivity contribution in [2.75, 3.05) is 0 Å². The van der Waals surface area contributed by atoms with Crippen molar-refractivity contribution < 1.29 is 19.7 Å². The second kappa shape index (κ2) is 9.05. The summed E-state index contributed by atoms with van der Waals surface area (Å²) in [7, 11) is 0. The Labute approximate surface area is 170 Å². The third kappa shape index (κ3) is 5.34. The second-order valence-corrected chi connectivity index (χ2v) is 6.80. The highest BCUT2D eigenvalue weighted by Gasteiger charge is 2.10. The van der Waals surface area contributed by atoms with Crippen molar-refractivity contribution in [2.24, 2.45) is 5.10 Å². The summed E-state index contributed by atoms with van der Waals surface area (Å²) < 4.78 is 6.75. The molecule has 142 valence electrons. The number of hydrogen-bond donors (Lipinski definition) is 3. The van der Waals surface area contributed by atoms with E-state index >= 15 is 0 Å². The van der Waals surface area contributed by atoms with Crippen molar-refractivity contribution in [3.05, 3.63) is 87.9 Å². The molecule has 0 atom stereocenters. The van der Waals surface area contributed by atoms with Crippen LogP contribution in [-0.4, -0.2) is 22.3 Å². The minimum atomic E-state index is -0.626. The molecule has 6 nitrogen and oxygen atoms in total. The van der Waals surface area contributed by atoms with Crippen molar-refractivity contribution in [3.8, 4) is 17.2 Å². The van der Waals surface area contributed by atoms with Crippen molar-refractivity contribution in [2.45, 2.75) is 6.61 Å². The molecule has 0 aliphatic heterocycles. The molecule has 3 rings (SSSR count). The number of amides is 1. The molecule has 28 heavy (non-hydrogen) atoms. The SMILES string of the molecule is O=C(NN=Cc1ccc(OCc2ccc(Br)cc2)cc1)c1cc(O)ccc1O. The van der Waals surface area contributed by atoms with Crippen LogP contribution < -0.4 is 10.2 Å². The van der Waals surface area contributed by atoms with Gasteiger partial charge >= 0.3 is 0 Å². The molecule has 0 bridgehead atoms. The Balaban J connectivity index is 1.54. The molecule has 3 aromatic carbocycles. The van der Waals surface area contributed by atoms with Gasteiger partial charge in [0.25, 0.3) is 5.91 Å². The zero-order valence-corrected chi connectivity index (χ0v) is 16.3. The van der Waals surface area contributed by atoms with Crippen LogP contribution in [0.4, 0.5) is 0 Å². The van der Waals surface area contributed by atoms with Crippen LogP contribution in [0.3, 0.4) is 0 Å². The van der Waals surface area contributed by atoms with Gasteiger partial charge in [-0.1, -0.05) is 28.1 Å². The zero-order valence-electron chi connectivity index (χ0n) is 14.7. The first-order valence-corrected chi connectivity index (χ1v) is 9.13. The average Bonchev–Trinajstić information content (AvgIpc) is 2.70. The average molecular weight is 441 g/mol. The highest BCUT2D eigenvalue weighted by atomic mass is 79.9. The molecular weight excluding hydrogens is 424 g/mol. The Kier molecular flexibility index (Phi) is 6.29. The molecule has 0 saturated heterocycles. The van der Waals surface area contributed by atoms with Gasteiger partial charge in [0.05, 0.1) is 11.8 Å². The van der Waals surface area contributed by atoms with Crippen molar-refractivity contribution in [1.29, 1.82) is 0 Å². The van der Waals surface area contributed by atoms with Crippen LogP contribution in [0.25, 0.3) is 0 Å². The molecule has 3 aromatic rings. The van der Waals surface area contributed by atoms with E-state index in [1.54, 1.807) is 12.1 Å². The van der Waals surface area contributed by atoms with Crippen LogP contribution in [0, 0.1) is 0 Å². The fourth-order valence-electron chi connectivity index (χ4n) is 2.33. The molecular formula is C21H17BrN2O4. The lowest BCUT2D eigenvalue weighted by Crippen LogP contribution is -2.17. The van der Waals surface area contributed by atoms with Gasteiger partial charge in [0.1, 0.15) is 23.9 Å². The number of halogens is 1. The number of carbonyl (C=O) groups is 1. The summed E-state index contributed by atoms with van der Waals surface area (Å²) in [5.74, 6) is -0.267. The second-order valence-electron chi connectivity index (χ2n) is 5.88. The van der Waals surface area contributed by atoms with E-state index in [2.05, 4.69) is 26.5 Å². The molecule has 1 amide bonds. The zero-order chi connectivity index (χ0) is 19.9. The molecule has 0 unspecified atom stereocenters. The number of hydrazone groups is 1. The molecule has 7 heteroatoms. The number of phenols is 2. The van der Waals surface area contributed by atoms with E-state index in [4.69, 9.17) is 4.74 Å². The first kappa shape index (κ1) is 19.4. The molecule has 0 spiro atoms. The number of benzene rings is 3. The maximum Gasteiger partial charge on any atom is 0.275 e. The highest BCUT2D eigenvalue weighted by Crippen LogP contribution is 2.21. The molecule has 0 aliphatic rings. The summed E-state index contributed by atoms with van der Waals surface area (Å²) in [4.78, 5) is 12.0. The number of nitrogens with zero attached hydrogens (tertiary/aromatic N) is 1. The monoisotopic (exact) mass is 440 g/mol. The van der Waals surface area contributed by atoms with E-state index < -0.39 is 5.91 Å². The maximum atomic E-state index is 12.0. The number of hydrogen-bond acceptors (Lipinski definition) is 5. The third-order valence-electron chi connectivity index (χ3n) is 3.80. The number of carbonyl (C=O) groups excluding carboxylic acids is 1. The Hall–Kier alpha value is -3.32. The number of ether oxygens (including phenoxy) is 1. The number of phenolic OH excluding ortho intramolecular Hbond substituents is 2. The van der Waals surface area contributed by atoms with E-state index in [0.29, 0.717) is 12.4 Å². The normalized spacial score (nSPS) is 10.8. The molecule has 0 aromatic heterocycles. The summed E-state index contributed by atoms with van der Waals surface area (Å²) in [6, 6.07) is 18.8. The summed E-state index contributed by atoms with van der Waals surface area (Å²) in [6.07, 6.45) is 1.47. The molecule has 0 fully saturated rings. The van der Waals surface area contributed by atoms with Crippen LogP contribution in [0.15, 0.2) is 76.3 Å². The topological polar surface area (TPSA) is 91.2 Å². The van der Waals surface area contributed by atoms with Crippen LogP contribution in [-0.2, 0) is 6.61 Å². The van der Waals surface area contributed by atoms with Crippen molar-refractivity contribution >= 4 is 28.1 Å². The molecule has 0 aliphatic carbocycles. The molecule has 0 saturated carbocycles. The summed E-state index contributed by atoms with van der Waals surface area (Å²) in [5, 5.41) is 22.9. The van der Waals surface area contributed by atoms with Gasteiger partial charge in [-0.15, -0.1) is 0 Å². The number of aromatic hydroxyl groups is 2. The lowest BCUT2D eigenvalue weighted by atomic mass is 10.2. The van der Waals surface area contributed by atoms with Gasteiger partial charge in [-0.2, -0.15) is 5.10 Å². The Morgan fingerprint density at radius 3 is 2.46 bits per heavy atom. The van der Waals surface area contributed by atoms with Gasteiger partial charge in [-0.05, 0) is 65.7 Å². The quantitative estimate of drug-likeness (QED) is 0.304. The van der Waals surface area contributed by atoms with Gasteiger partial charge in [-0.3, -0.25) is 4.79 Å². The summed E-state index contributed by atoms with van der Waals surface area (Å²) in [5.41, 5.74) is 4.07. The molecule has 3 N–H and O–H groups in total. The van der Waals surface area contributed by atoms with Crippen LogP contribution >= 0.6 is 15.9 Å². The lowest BCUT2D eigenvalue weighted by molar-refractivity contribution is 0.0952. The van der Waals surface area contributed by atoms with Gasteiger partial charge in [0, 0.05) is 4.47 Å². The largest absolute Gasteiger partial charge is 0.508 e. The first-order valence-electron chi connectivity index (χ1n) is 8.34. The minimum Gasteiger partial charge on any atom is -0.508 e. The van der Waals surface area contributed by atoms with Crippen LogP contribution in [0.1, 0.15) is 21.5 Å². The van der Waals surface area contributed by atoms with Gasteiger partial charge in [0.15, 0.2) is 0 Å². The van der Waals surface area contributed by atoms with Crippen LogP contribution in [0.5, 0.6) is 17.2 Å². The van der Waals surface area contributed by atoms with E-state index in [0.717, 1.165) is 21.7 Å².